The van der Waals surface area contributed by atoms with Crippen LogP contribution in [0.25, 0.3) is 0 Å². The second-order valence-electron chi connectivity index (χ2n) is 5.67. The van der Waals surface area contributed by atoms with E-state index in [-0.39, 0.29) is 11.5 Å². The van der Waals surface area contributed by atoms with Crippen LogP contribution in [-0.4, -0.2) is 35.4 Å². The minimum atomic E-state index is -0.419. The monoisotopic (exact) mass is 366 g/mol. The number of nitrogens with one attached hydrogen (secondary N) is 2. The highest BCUT2D eigenvalue weighted by molar-refractivity contribution is 5.89. The maximum atomic E-state index is 12.3. The van der Waals surface area contributed by atoms with Gasteiger partial charge in [0.25, 0.3) is 5.56 Å². The molecule has 0 saturated carbocycles. The molecule has 0 spiro atoms. The van der Waals surface area contributed by atoms with Gasteiger partial charge in [-0.15, -0.1) is 10.2 Å². The Kier molecular flexibility index (Phi) is 5.46. The molecule has 27 heavy (non-hydrogen) atoms. The van der Waals surface area contributed by atoms with E-state index in [1.165, 1.54) is 7.11 Å². The first-order valence-electron chi connectivity index (χ1n) is 8.13. The van der Waals surface area contributed by atoms with Crippen molar-refractivity contribution in [3.8, 4) is 5.75 Å². The maximum Gasteiger partial charge on any atom is 0.337 e. The predicted octanol–water partition coefficient (Wildman–Crippen LogP) is 2.29. The van der Waals surface area contributed by atoms with E-state index in [2.05, 4.69) is 25.2 Å². The highest BCUT2D eigenvalue weighted by atomic mass is 16.5. The number of rotatable bonds is 6. The number of nitrogens with zero attached hydrogens (tertiary/aromatic N) is 2. The molecular formula is C19H18N4O4. The standard InChI is InChI=1S/C19H18N4O4/c1-26-15-9-3-12(4-10-15)11-16-17(24)21-19(23-22-16)20-14-7-5-13(6-8-14)18(25)27-2/h3-10H,11H2,1-2H3,(H2,20,21,23,24). The minimum absolute atomic E-state index is 0.212. The summed E-state index contributed by atoms with van der Waals surface area (Å²) < 4.78 is 9.76. The van der Waals surface area contributed by atoms with Crippen LogP contribution in [0.5, 0.6) is 5.75 Å². The molecule has 1 heterocycles. The van der Waals surface area contributed by atoms with Gasteiger partial charge >= 0.3 is 5.97 Å². The first-order chi connectivity index (χ1) is 13.1. The highest BCUT2D eigenvalue weighted by Gasteiger charge is 2.08. The van der Waals surface area contributed by atoms with Crippen molar-refractivity contribution in [2.45, 2.75) is 6.42 Å². The zero-order valence-corrected chi connectivity index (χ0v) is 14.9. The van der Waals surface area contributed by atoms with Crippen LogP contribution in [-0.2, 0) is 11.2 Å². The molecule has 2 aromatic carbocycles. The number of hydrogen-bond acceptors (Lipinski definition) is 7. The van der Waals surface area contributed by atoms with Gasteiger partial charge in [0.15, 0.2) is 0 Å². The van der Waals surface area contributed by atoms with Crippen LogP contribution in [0, 0.1) is 0 Å². The normalized spacial score (nSPS) is 10.3. The summed E-state index contributed by atoms with van der Waals surface area (Å²) in [7, 11) is 2.92. The fraction of sp³-hybridized carbons (Fsp3) is 0.158. The number of esters is 1. The quantitative estimate of drug-likeness (QED) is 0.645. The summed E-state index contributed by atoms with van der Waals surface area (Å²) in [6.07, 6.45) is 0.362. The van der Waals surface area contributed by atoms with E-state index in [4.69, 9.17) is 4.74 Å². The van der Waals surface area contributed by atoms with E-state index in [0.29, 0.717) is 23.4 Å². The molecule has 0 radical (unpaired) electrons. The van der Waals surface area contributed by atoms with Crippen LogP contribution in [0.4, 0.5) is 11.6 Å². The van der Waals surface area contributed by atoms with Gasteiger partial charge in [-0.1, -0.05) is 12.1 Å². The van der Waals surface area contributed by atoms with E-state index in [1.807, 2.05) is 24.3 Å². The van der Waals surface area contributed by atoms with Crippen LogP contribution in [0.2, 0.25) is 0 Å². The van der Waals surface area contributed by atoms with Gasteiger partial charge in [-0.05, 0) is 42.0 Å². The molecule has 0 bridgehead atoms. The molecule has 8 nitrogen and oxygen atoms in total. The van der Waals surface area contributed by atoms with E-state index < -0.39 is 5.97 Å². The molecule has 0 aliphatic heterocycles. The third kappa shape index (κ3) is 4.49. The number of ether oxygens (including phenoxy) is 2. The Labute approximate surface area is 155 Å². The number of aromatic nitrogens is 3. The van der Waals surface area contributed by atoms with Crippen molar-refractivity contribution in [3.63, 3.8) is 0 Å². The number of carbonyl (C=O) groups is 1. The van der Waals surface area contributed by atoms with Gasteiger partial charge in [0.2, 0.25) is 5.95 Å². The van der Waals surface area contributed by atoms with E-state index in [1.54, 1.807) is 31.4 Å². The maximum absolute atomic E-state index is 12.3. The molecule has 3 aromatic rings. The van der Waals surface area contributed by atoms with Crippen LogP contribution >= 0.6 is 0 Å². The fourth-order valence-corrected chi connectivity index (χ4v) is 2.41. The van der Waals surface area contributed by atoms with E-state index >= 15 is 0 Å². The molecule has 1 aromatic heterocycles. The summed E-state index contributed by atoms with van der Waals surface area (Å²) in [5.41, 5.74) is 1.99. The number of methoxy groups -OCH3 is 2. The first-order valence-corrected chi connectivity index (χ1v) is 8.13. The third-order valence-corrected chi connectivity index (χ3v) is 3.86. The molecular weight excluding hydrogens is 348 g/mol. The van der Waals surface area contributed by atoms with Gasteiger partial charge in [-0.25, -0.2) is 4.79 Å². The van der Waals surface area contributed by atoms with Crippen molar-refractivity contribution in [1.82, 2.24) is 15.2 Å². The Bertz CT molecular complexity index is 982. The van der Waals surface area contributed by atoms with Gasteiger partial charge in [0.1, 0.15) is 11.4 Å². The Hall–Kier alpha value is -3.68. The van der Waals surface area contributed by atoms with Gasteiger partial charge < -0.3 is 14.8 Å². The topological polar surface area (TPSA) is 106 Å². The van der Waals surface area contributed by atoms with Crippen LogP contribution in [0.15, 0.2) is 53.3 Å². The summed E-state index contributed by atoms with van der Waals surface area (Å²) in [6, 6.07) is 14.0. The Morgan fingerprint density at radius 2 is 1.74 bits per heavy atom. The summed E-state index contributed by atoms with van der Waals surface area (Å²) in [4.78, 5) is 26.3. The lowest BCUT2D eigenvalue weighted by molar-refractivity contribution is 0.0601. The third-order valence-electron chi connectivity index (χ3n) is 3.86. The van der Waals surface area contributed by atoms with Gasteiger partial charge in [0, 0.05) is 12.1 Å². The number of benzene rings is 2. The SMILES string of the molecule is COC(=O)c1ccc(Nc2nnc(Cc3ccc(OC)cc3)c(=O)[nH]2)cc1. The Morgan fingerprint density at radius 1 is 1.04 bits per heavy atom. The van der Waals surface area contributed by atoms with Crippen molar-refractivity contribution in [2.75, 3.05) is 19.5 Å². The average Bonchev–Trinajstić information content (AvgIpc) is 2.70. The largest absolute Gasteiger partial charge is 0.497 e. The van der Waals surface area contributed by atoms with Crippen molar-refractivity contribution in [3.05, 3.63) is 75.7 Å². The predicted molar refractivity (Wildman–Crippen MR) is 99.5 cm³/mol. The highest BCUT2D eigenvalue weighted by Crippen LogP contribution is 2.15. The molecule has 0 amide bonds. The van der Waals surface area contributed by atoms with Crippen molar-refractivity contribution in [2.24, 2.45) is 0 Å². The van der Waals surface area contributed by atoms with E-state index in [0.717, 1.165) is 11.3 Å². The van der Waals surface area contributed by atoms with Crippen molar-refractivity contribution in [1.29, 1.82) is 0 Å². The molecule has 2 N–H and O–H groups in total. The number of H-pyrrole nitrogens is 1. The summed E-state index contributed by atoms with van der Waals surface area (Å²) in [5.74, 6) is 0.540. The fourth-order valence-electron chi connectivity index (χ4n) is 2.41. The molecule has 0 unspecified atom stereocenters. The van der Waals surface area contributed by atoms with Gasteiger partial charge in [-0.2, -0.15) is 0 Å². The van der Waals surface area contributed by atoms with Crippen molar-refractivity contribution >= 4 is 17.6 Å². The molecule has 0 aliphatic carbocycles. The lowest BCUT2D eigenvalue weighted by Gasteiger charge is -2.07. The second kappa shape index (κ2) is 8.13. The molecule has 3 rings (SSSR count). The zero-order valence-electron chi connectivity index (χ0n) is 14.9. The summed E-state index contributed by atoms with van der Waals surface area (Å²) >= 11 is 0. The van der Waals surface area contributed by atoms with Crippen LogP contribution < -0.4 is 15.6 Å². The number of hydrogen-bond donors (Lipinski definition) is 2. The smallest absolute Gasteiger partial charge is 0.337 e. The van der Waals surface area contributed by atoms with Crippen LogP contribution in [0.3, 0.4) is 0 Å². The second-order valence-corrected chi connectivity index (χ2v) is 5.67. The lowest BCUT2D eigenvalue weighted by Crippen LogP contribution is -2.18. The molecule has 0 atom stereocenters. The van der Waals surface area contributed by atoms with Crippen molar-refractivity contribution < 1.29 is 14.3 Å². The lowest BCUT2D eigenvalue weighted by atomic mass is 10.1. The summed E-state index contributed by atoms with van der Waals surface area (Å²) in [6.45, 7) is 0. The minimum Gasteiger partial charge on any atom is -0.497 e. The number of carbonyl (C=O) groups excluding carboxylic acids is 1. The first kappa shape index (κ1) is 18.1. The molecule has 0 fully saturated rings. The van der Waals surface area contributed by atoms with E-state index in [9.17, 15) is 9.59 Å². The van der Waals surface area contributed by atoms with Crippen LogP contribution in [0.1, 0.15) is 21.6 Å². The Balaban J connectivity index is 1.70. The number of aromatic amines is 1. The molecule has 8 heteroatoms. The number of anilines is 2. The zero-order chi connectivity index (χ0) is 19.2. The average molecular weight is 366 g/mol. The Morgan fingerprint density at radius 3 is 2.33 bits per heavy atom. The summed E-state index contributed by atoms with van der Waals surface area (Å²) in [5, 5.41) is 11.0. The molecule has 0 saturated heterocycles. The molecule has 0 aliphatic rings. The van der Waals surface area contributed by atoms with Gasteiger partial charge in [-0.3, -0.25) is 9.78 Å². The molecule has 138 valence electrons. The van der Waals surface area contributed by atoms with Gasteiger partial charge in [0.05, 0.1) is 19.8 Å².